The van der Waals surface area contributed by atoms with Gasteiger partial charge in [0.25, 0.3) is 5.91 Å². The molecular formula is C14H16Cl2N4O2. The molecule has 0 bridgehead atoms. The van der Waals surface area contributed by atoms with Crippen LogP contribution in [0, 0.1) is 0 Å². The standard InChI is InChI=1S/C14H15ClN4O2.ClH/c15-12-3-2-11(21-12)14(20)18-13-4-1-10(9-17-13)19-7-5-16-6-8-19;/h1-4,9,16H,5-8H2,(H,17,18,20);1H. The molecule has 0 spiro atoms. The van der Waals surface area contributed by atoms with Crippen LogP contribution in [0.15, 0.2) is 34.9 Å². The highest BCUT2D eigenvalue weighted by atomic mass is 35.5. The maximum Gasteiger partial charge on any atom is 0.292 e. The van der Waals surface area contributed by atoms with Gasteiger partial charge in [-0.1, -0.05) is 0 Å². The summed E-state index contributed by atoms with van der Waals surface area (Å²) in [6.45, 7) is 3.85. The molecule has 1 amide bonds. The monoisotopic (exact) mass is 342 g/mol. The fourth-order valence-electron chi connectivity index (χ4n) is 2.18. The lowest BCUT2D eigenvalue weighted by atomic mass is 10.3. The molecule has 2 aromatic heterocycles. The number of piperazine rings is 1. The number of halogens is 2. The topological polar surface area (TPSA) is 70.4 Å². The molecule has 2 N–H and O–H groups in total. The Balaban J connectivity index is 0.00000176. The summed E-state index contributed by atoms with van der Waals surface area (Å²) in [7, 11) is 0. The van der Waals surface area contributed by atoms with Gasteiger partial charge in [-0.2, -0.15) is 0 Å². The third kappa shape index (κ3) is 3.91. The molecular weight excluding hydrogens is 327 g/mol. The van der Waals surface area contributed by atoms with Crippen molar-refractivity contribution in [1.29, 1.82) is 0 Å². The lowest BCUT2D eigenvalue weighted by molar-refractivity contribution is 0.0996. The highest BCUT2D eigenvalue weighted by Crippen LogP contribution is 2.17. The van der Waals surface area contributed by atoms with Gasteiger partial charge in [-0.3, -0.25) is 4.79 Å². The van der Waals surface area contributed by atoms with Crippen LogP contribution < -0.4 is 15.5 Å². The van der Waals surface area contributed by atoms with Gasteiger partial charge in [-0.15, -0.1) is 12.4 Å². The fraction of sp³-hybridized carbons (Fsp3) is 0.286. The van der Waals surface area contributed by atoms with E-state index in [9.17, 15) is 4.79 Å². The lowest BCUT2D eigenvalue weighted by Crippen LogP contribution is -2.43. The summed E-state index contributed by atoms with van der Waals surface area (Å²) in [4.78, 5) is 18.4. The molecule has 0 radical (unpaired) electrons. The van der Waals surface area contributed by atoms with E-state index in [1.807, 2.05) is 6.07 Å². The Kier molecular flexibility index (Phi) is 5.65. The molecule has 0 aliphatic carbocycles. The number of nitrogens with one attached hydrogen (secondary N) is 2. The van der Waals surface area contributed by atoms with Crippen molar-refractivity contribution in [2.75, 3.05) is 36.4 Å². The van der Waals surface area contributed by atoms with Crippen LogP contribution in [-0.2, 0) is 0 Å². The number of carbonyl (C=O) groups excluding carboxylic acids is 1. The zero-order valence-corrected chi connectivity index (χ0v) is 13.3. The minimum Gasteiger partial charge on any atom is -0.440 e. The zero-order chi connectivity index (χ0) is 14.7. The highest BCUT2D eigenvalue weighted by Gasteiger charge is 2.13. The summed E-state index contributed by atoms with van der Waals surface area (Å²) in [5.41, 5.74) is 1.05. The molecule has 8 heteroatoms. The molecule has 3 rings (SSSR count). The van der Waals surface area contributed by atoms with Gasteiger partial charge in [0.15, 0.2) is 11.0 Å². The van der Waals surface area contributed by atoms with E-state index >= 15 is 0 Å². The van der Waals surface area contributed by atoms with E-state index in [0.29, 0.717) is 5.82 Å². The van der Waals surface area contributed by atoms with Crippen LogP contribution >= 0.6 is 24.0 Å². The molecule has 3 heterocycles. The molecule has 0 saturated carbocycles. The molecule has 2 aromatic rings. The molecule has 1 fully saturated rings. The van der Waals surface area contributed by atoms with E-state index in [1.165, 1.54) is 12.1 Å². The smallest absolute Gasteiger partial charge is 0.292 e. The number of anilines is 2. The molecule has 1 aliphatic heterocycles. The first-order chi connectivity index (χ1) is 10.2. The Morgan fingerprint density at radius 1 is 1.27 bits per heavy atom. The average Bonchev–Trinajstić information content (AvgIpc) is 2.96. The number of rotatable bonds is 3. The van der Waals surface area contributed by atoms with E-state index in [2.05, 4.69) is 20.5 Å². The zero-order valence-electron chi connectivity index (χ0n) is 11.7. The summed E-state index contributed by atoms with van der Waals surface area (Å²) in [5.74, 6) is 0.267. The summed E-state index contributed by atoms with van der Waals surface area (Å²) >= 11 is 5.64. The van der Waals surface area contributed by atoms with Crippen LogP contribution in [-0.4, -0.2) is 37.1 Å². The van der Waals surface area contributed by atoms with Crippen molar-refractivity contribution >= 4 is 41.4 Å². The fourth-order valence-corrected chi connectivity index (χ4v) is 2.33. The van der Waals surface area contributed by atoms with Gasteiger partial charge in [0.2, 0.25) is 0 Å². The van der Waals surface area contributed by atoms with Crippen molar-refractivity contribution in [3.63, 3.8) is 0 Å². The van der Waals surface area contributed by atoms with Gasteiger partial charge in [-0.25, -0.2) is 4.98 Å². The Labute approximate surface area is 139 Å². The van der Waals surface area contributed by atoms with Crippen LogP contribution in [0.3, 0.4) is 0 Å². The second-order valence-electron chi connectivity index (χ2n) is 4.70. The molecule has 1 aliphatic rings. The summed E-state index contributed by atoms with van der Waals surface area (Å²) in [6.07, 6.45) is 1.76. The Morgan fingerprint density at radius 3 is 2.64 bits per heavy atom. The minimum absolute atomic E-state index is 0. The van der Waals surface area contributed by atoms with Crippen molar-refractivity contribution in [2.24, 2.45) is 0 Å². The number of amides is 1. The number of pyridine rings is 1. The van der Waals surface area contributed by atoms with E-state index in [4.69, 9.17) is 16.0 Å². The maximum atomic E-state index is 11.9. The predicted molar refractivity (Wildman–Crippen MR) is 88.2 cm³/mol. The number of furan rings is 1. The van der Waals surface area contributed by atoms with Crippen molar-refractivity contribution in [3.8, 4) is 0 Å². The Morgan fingerprint density at radius 2 is 2.05 bits per heavy atom. The van der Waals surface area contributed by atoms with Gasteiger partial charge in [-0.05, 0) is 35.9 Å². The van der Waals surface area contributed by atoms with Gasteiger partial charge in [0.1, 0.15) is 5.82 Å². The first-order valence-electron chi connectivity index (χ1n) is 6.71. The lowest BCUT2D eigenvalue weighted by Gasteiger charge is -2.29. The predicted octanol–water partition coefficient (Wildman–Crippen LogP) is 2.41. The van der Waals surface area contributed by atoms with Gasteiger partial charge in [0.05, 0.1) is 11.9 Å². The van der Waals surface area contributed by atoms with E-state index < -0.39 is 0 Å². The third-order valence-electron chi connectivity index (χ3n) is 3.27. The number of hydrogen-bond donors (Lipinski definition) is 2. The second kappa shape index (κ2) is 7.49. The molecule has 1 saturated heterocycles. The second-order valence-corrected chi connectivity index (χ2v) is 5.07. The van der Waals surface area contributed by atoms with Crippen molar-refractivity contribution < 1.29 is 9.21 Å². The molecule has 118 valence electrons. The molecule has 22 heavy (non-hydrogen) atoms. The highest BCUT2D eigenvalue weighted by molar-refractivity contribution is 6.29. The summed E-state index contributed by atoms with van der Waals surface area (Å²) < 4.78 is 5.05. The number of hydrogen-bond acceptors (Lipinski definition) is 5. The Hall–Kier alpha value is -1.76. The van der Waals surface area contributed by atoms with E-state index in [1.54, 1.807) is 12.3 Å². The number of carbonyl (C=O) groups is 1. The average molecular weight is 343 g/mol. The maximum absolute atomic E-state index is 11.9. The molecule has 0 unspecified atom stereocenters. The first kappa shape index (κ1) is 16.6. The van der Waals surface area contributed by atoms with Crippen LogP contribution in [0.25, 0.3) is 0 Å². The third-order valence-corrected chi connectivity index (χ3v) is 3.47. The first-order valence-corrected chi connectivity index (χ1v) is 7.08. The van der Waals surface area contributed by atoms with E-state index in [-0.39, 0.29) is 29.3 Å². The summed E-state index contributed by atoms with van der Waals surface area (Å²) in [5, 5.41) is 6.15. The number of nitrogens with zero attached hydrogens (tertiary/aromatic N) is 2. The largest absolute Gasteiger partial charge is 0.440 e. The van der Waals surface area contributed by atoms with Crippen molar-refractivity contribution in [1.82, 2.24) is 10.3 Å². The van der Waals surface area contributed by atoms with Crippen molar-refractivity contribution in [2.45, 2.75) is 0 Å². The molecule has 0 aromatic carbocycles. The van der Waals surface area contributed by atoms with Crippen LogP contribution in [0.4, 0.5) is 11.5 Å². The van der Waals surface area contributed by atoms with E-state index in [0.717, 1.165) is 31.9 Å². The van der Waals surface area contributed by atoms with Crippen molar-refractivity contribution in [3.05, 3.63) is 41.4 Å². The van der Waals surface area contributed by atoms with Gasteiger partial charge < -0.3 is 20.0 Å². The number of aromatic nitrogens is 1. The van der Waals surface area contributed by atoms with Crippen LogP contribution in [0.1, 0.15) is 10.6 Å². The van der Waals surface area contributed by atoms with Gasteiger partial charge in [0, 0.05) is 26.2 Å². The SMILES string of the molecule is Cl.O=C(Nc1ccc(N2CCNCC2)cn1)c1ccc(Cl)o1. The van der Waals surface area contributed by atoms with Gasteiger partial charge >= 0.3 is 0 Å². The molecule has 6 nitrogen and oxygen atoms in total. The summed E-state index contributed by atoms with van der Waals surface area (Å²) in [6, 6.07) is 6.77. The molecule has 0 atom stereocenters. The quantitative estimate of drug-likeness (QED) is 0.896. The normalized spacial score (nSPS) is 14.3. The van der Waals surface area contributed by atoms with Crippen LogP contribution in [0.5, 0.6) is 0 Å². The Bertz CT molecular complexity index is 624. The minimum atomic E-state index is -0.371. The van der Waals surface area contributed by atoms with Crippen LogP contribution in [0.2, 0.25) is 5.22 Å².